The summed E-state index contributed by atoms with van der Waals surface area (Å²) in [4.78, 5) is 25.4. The first kappa shape index (κ1) is 15.5. The van der Waals surface area contributed by atoms with Gasteiger partial charge >= 0.3 is 5.97 Å². The molecule has 1 saturated heterocycles. The van der Waals surface area contributed by atoms with Gasteiger partial charge in [0.25, 0.3) is 0 Å². The third-order valence-corrected chi connectivity index (χ3v) is 4.36. The van der Waals surface area contributed by atoms with Crippen LogP contribution in [-0.2, 0) is 16.0 Å². The van der Waals surface area contributed by atoms with E-state index in [1.807, 2.05) is 6.92 Å². The SMILES string of the molecule is CCC1(C(=O)O)CCCN(C(=O)Cc2ccccc2F)C1. The zero-order valence-electron chi connectivity index (χ0n) is 12.1. The van der Waals surface area contributed by atoms with Crippen LogP contribution in [0.25, 0.3) is 0 Å². The molecule has 5 heteroatoms. The van der Waals surface area contributed by atoms with E-state index in [9.17, 15) is 19.1 Å². The second-order valence-corrected chi connectivity index (χ2v) is 5.63. The van der Waals surface area contributed by atoms with Crippen molar-refractivity contribution < 1.29 is 19.1 Å². The Morgan fingerprint density at radius 2 is 2.10 bits per heavy atom. The molecule has 1 aliphatic rings. The molecule has 114 valence electrons. The van der Waals surface area contributed by atoms with Crippen molar-refractivity contribution >= 4 is 11.9 Å². The molecule has 1 atom stereocenters. The number of hydrogen-bond donors (Lipinski definition) is 1. The number of amides is 1. The van der Waals surface area contributed by atoms with E-state index in [0.29, 0.717) is 31.4 Å². The molecule has 0 bridgehead atoms. The molecule has 0 radical (unpaired) electrons. The van der Waals surface area contributed by atoms with Gasteiger partial charge in [-0.05, 0) is 30.9 Å². The number of aliphatic carboxylic acids is 1. The summed E-state index contributed by atoms with van der Waals surface area (Å²) >= 11 is 0. The summed E-state index contributed by atoms with van der Waals surface area (Å²) in [6.07, 6.45) is 1.73. The van der Waals surface area contributed by atoms with Crippen LogP contribution in [0, 0.1) is 11.2 Å². The van der Waals surface area contributed by atoms with Gasteiger partial charge in [-0.2, -0.15) is 0 Å². The van der Waals surface area contributed by atoms with Gasteiger partial charge in [-0.3, -0.25) is 9.59 Å². The number of carbonyl (C=O) groups excluding carboxylic acids is 1. The first-order valence-electron chi connectivity index (χ1n) is 7.23. The van der Waals surface area contributed by atoms with Gasteiger partial charge in [-0.15, -0.1) is 0 Å². The third kappa shape index (κ3) is 3.23. The van der Waals surface area contributed by atoms with E-state index < -0.39 is 17.2 Å². The average Bonchev–Trinajstić information content (AvgIpc) is 2.49. The Balaban J connectivity index is 2.09. The van der Waals surface area contributed by atoms with Crippen LogP contribution >= 0.6 is 0 Å². The number of carboxylic acids is 1. The number of likely N-dealkylation sites (tertiary alicyclic amines) is 1. The monoisotopic (exact) mass is 293 g/mol. The summed E-state index contributed by atoms with van der Waals surface area (Å²) in [6.45, 7) is 2.59. The molecule has 2 rings (SSSR count). The highest BCUT2D eigenvalue weighted by molar-refractivity contribution is 5.81. The maximum absolute atomic E-state index is 13.6. The Kier molecular flexibility index (Phi) is 4.60. The van der Waals surface area contributed by atoms with Crippen molar-refractivity contribution in [3.63, 3.8) is 0 Å². The van der Waals surface area contributed by atoms with E-state index in [2.05, 4.69) is 0 Å². The quantitative estimate of drug-likeness (QED) is 0.927. The van der Waals surface area contributed by atoms with Gasteiger partial charge in [0.2, 0.25) is 5.91 Å². The molecule has 0 spiro atoms. The molecule has 0 aromatic heterocycles. The molecule has 1 heterocycles. The van der Waals surface area contributed by atoms with Gasteiger partial charge in [0.1, 0.15) is 5.82 Å². The lowest BCUT2D eigenvalue weighted by molar-refractivity contribution is -0.155. The van der Waals surface area contributed by atoms with E-state index in [1.54, 1.807) is 23.1 Å². The average molecular weight is 293 g/mol. The van der Waals surface area contributed by atoms with Crippen LogP contribution < -0.4 is 0 Å². The minimum atomic E-state index is -0.858. The Morgan fingerprint density at radius 1 is 1.38 bits per heavy atom. The molecular formula is C16H20FNO3. The molecule has 1 aromatic rings. The number of rotatable bonds is 4. The van der Waals surface area contributed by atoms with Crippen molar-refractivity contribution in [2.24, 2.45) is 5.41 Å². The normalized spacial score (nSPS) is 22.1. The zero-order valence-corrected chi connectivity index (χ0v) is 12.1. The van der Waals surface area contributed by atoms with Crippen LogP contribution in [0.15, 0.2) is 24.3 Å². The van der Waals surface area contributed by atoms with Crippen LogP contribution in [0.2, 0.25) is 0 Å². The fraction of sp³-hybridized carbons (Fsp3) is 0.500. The second-order valence-electron chi connectivity index (χ2n) is 5.63. The van der Waals surface area contributed by atoms with Gasteiger partial charge in [0.05, 0.1) is 11.8 Å². The smallest absolute Gasteiger partial charge is 0.311 e. The Morgan fingerprint density at radius 3 is 2.71 bits per heavy atom. The number of hydrogen-bond acceptors (Lipinski definition) is 2. The summed E-state index contributed by atoms with van der Waals surface area (Å²) < 4.78 is 13.6. The van der Waals surface area contributed by atoms with Crippen molar-refractivity contribution in [2.75, 3.05) is 13.1 Å². The van der Waals surface area contributed by atoms with Gasteiger partial charge in [0, 0.05) is 13.1 Å². The molecule has 1 amide bonds. The lowest BCUT2D eigenvalue weighted by Gasteiger charge is -2.39. The molecular weight excluding hydrogens is 273 g/mol. The van der Waals surface area contributed by atoms with Gasteiger partial charge in [-0.25, -0.2) is 4.39 Å². The summed E-state index contributed by atoms with van der Waals surface area (Å²) in [5.74, 6) is -1.46. The van der Waals surface area contributed by atoms with Gasteiger partial charge in [-0.1, -0.05) is 25.1 Å². The van der Waals surface area contributed by atoms with Gasteiger partial charge < -0.3 is 10.0 Å². The maximum Gasteiger partial charge on any atom is 0.311 e. The predicted octanol–water partition coefficient (Wildman–Crippen LogP) is 2.47. The largest absolute Gasteiger partial charge is 0.481 e. The summed E-state index contributed by atoms with van der Waals surface area (Å²) in [6, 6.07) is 6.18. The van der Waals surface area contributed by atoms with Crippen LogP contribution in [0.5, 0.6) is 0 Å². The van der Waals surface area contributed by atoms with E-state index in [0.717, 1.165) is 0 Å². The predicted molar refractivity (Wildman–Crippen MR) is 76.3 cm³/mol. The van der Waals surface area contributed by atoms with E-state index >= 15 is 0 Å². The molecule has 4 nitrogen and oxygen atoms in total. The number of benzene rings is 1. The molecule has 1 aliphatic heterocycles. The van der Waals surface area contributed by atoms with Crippen molar-refractivity contribution in [3.05, 3.63) is 35.6 Å². The lowest BCUT2D eigenvalue weighted by Crippen LogP contribution is -2.50. The number of nitrogens with zero attached hydrogens (tertiary/aromatic N) is 1. The molecule has 0 aliphatic carbocycles. The van der Waals surface area contributed by atoms with E-state index in [4.69, 9.17) is 0 Å². The van der Waals surface area contributed by atoms with Crippen molar-refractivity contribution in [1.29, 1.82) is 0 Å². The molecule has 21 heavy (non-hydrogen) atoms. The van der Waals surface area contributed by atoms with Crippen LogP contribution in [0.4, 0.5) is 4.39 Å². The van der Waals surface area contributed by atoms with Gasteiger partial charge in [0.15, 0.2) is 0 Å². The lowest BCUT2D eigenvalue weighted by atomic mass is 9.77. The Bertz CT molecular complexity index is 546. The first-order chi connectivity index (χ1) is 9.98. The van der Waals surface area contributed by atoms with Crippen molar-refractivity contribution in [2.45, 2.75) is 32.6 Å². The molecule has 1 unspecified atom stereocenters. The summed E-state index contributed by atoms with van der Waals surface area (Å²) in [5.41, 5.74) is -0.506. The van der Waals surface area contributed by atoms with E-state index in [1.165, 1.54) is 6.07 Å². The standard InChI is InChI=1S/C16H20FNO3/c1-2-16(15(20)21)8-5-9-18(11-16)14(19)10-12-6-3-4-7-13(12)17/h3-4,6-7H,2,5,8-11H2,1H3,(H,20,21). The third-order valence-electron chi connectivity index (χ3n) is 4.36. The number of carbonyl (C=O) groups is 2. The van der Waals surface area contributed by atoms with Crippen LogP contribution in [0.1, 0.15) is 31.7 Å². The van der Waals surface area contributed by atoms with E-state index in [-0.39, 0.29) is 18.9 Å². The number of halogens is 1. The minimum Gasteiger partial charge on any atom is -0.481 e. The highest BCUT2D eigenvalue weighted by Gasteiger charge is 2.42. The first-order valence-corrected chi connectivity index (χ1v) is 7.23. The molecule has 1 aromatic carbocycles. The summed E-state index contributed by atoms with van der Waals surface area (Å²) in [5, 5.41) is 9.42. The van der Waals surface area contributed by atoms with Crippen molar-refractivity contribution in [1.82, 2.24) is 4.90 Å². The Hall–Kier alpha value is -1.91. The van der Waals surface area contributed by atoms with Crippen molar-refractivity contribution in [3.8, 4) is 0 Å². The van der Waals surface area contributed by atoms with Crippen LogP contribution in [-0.4, -0.2) is 35.0 Å². The Labute approximate surface area is 123 Å². The summed E-state index contributed by atoms with van der Waals surface area (Å²) in [7, 11) is 0. The number of piperidine rings is 1. The zero-order chi connectivity index (χ0) is 15.5. The molecule has 1 N–H and O–H groups in total. The second kappa shape index (κ2) is 6.24. The highest BCUT2D eigenvalue weighted by Crippen LogP contribution is 2.33. The minimum absolute atomic E-state index is 0.0217. The highest BCUT2D eigenvalue weighted by atomic mass is 19.1. The number of carboxylic acid groups (broad SMARTS) is 1. The molecule has 1 fully saturated rings. The fourth-order valence-electron chi connectivity index (χ4n) is 2.88. The fourth-order valence-corrected chi connectivity index (χ4v) is 2.88. The van der Waals surface area contributed by atoms with Crippen LogP contribution in [0.3, 0.4) is 0 Å². The topological polar surface area (TPSA) is 57.6 Å². The molecule has 0 saturated carbocycles. The maximum atomic E-state index is 13.6.